The van der Waals surface area contributed by atoms with E-state index in [1.807, 2.05) is 24.3 Å². The maximum atomic E-state index is 13.4. The Hall–Kier alpha value is -3.26. The molecule has 0 saturated heterocycles. The summed E-state index contributed by atoms with van der Waals surface area (Å²) in [6, 6.07) is 12.7. The minimum Gasteiger partial charge on any atom is -0.477 e. The molecule has 3 N–H and O–H groups in total. The van der Waals surface area contributed by atoms with E-state index in [2.05, 4.69) is 32.3 Å². The predicted octanol–water partition coefficient (Wildman–Crippen LogP) is 3.17. The Kier molecular flexibility index (Phi) is 5.26. The molecule has 4 rings (SSSR count). The number of nitrogens with one attached hydrogen (secondary N) is 1. The van der Waals surface area contributed by atoms with Crippen molar-refractivity contribution in [1.29, 1.82) is 0 Å². The van der Waals surface area contributed by atoms with Crippen LogP contribution in [0.1, 0.15) is 23.6 Å². The zero-order valence-electron chi connectivity index (χ0n) is 16.4. The van der Waals surface area contributed by atoms with Gasteiger partial charge in [0.15, 0.2) is 5.82 Å². The minimum absolute atomic E-state index is 0.170. The van der Waals surface area contributed by atoms with E-state index in [9.17, 15) is 4.39 Å². The molecule has 0 bridgehead atoms. The second-order valence-electron chi connectivity index (χ2n) is 7.00. The van der Waals surface area contributed by atoms with E-state index in [4.69, 9.17) is 10.5 Å². The number of nitrogens with zero attached hydrogens (tertiary/aromatic N) is 4. The first kappa shape index (κ1) is 19.1. The Morgan fingerprint density at radius 3 is 2.83 bits per heavy atom. The minimum atomic E-state index is -0.282. The summed E-state index contributed by atoms with van der Waals surface area (Å²) in [5.41, 5.74) is 10.1. The molecule has 7 nitrogen and oxygen atoms in total. The van der Waals surface area contributed by atoms with Crippen LogP contribution < -0.4 is 20.7 Å². The van der Waals surface area contributed by atoms with Gasteiger partial charge in [-0.15, -0.1) is 10.2 Å². The summed E-state index contributed by atoms with van der Waals surface area (Å²) in [6.45, 7) is 3.00. The smallest absolute Gasteiger partial charge is 0.276 e. The van der Waals surface area contributed by atoms with Crippen molar-refractivity contribution in [2.24, 2.45) is 5.73 Å². The normalized spacial score (nSPS) is 15.3. The summed E-state index contributed by atoms with van der Waals surface area (Å²) in [5.74, 6) is 0.939. The summed E-state index contributed by atoms with van der Waals surface area (Å²) < 4.78 is 18.7. The fraction of sp³-hybridized carbons (Fsp3) is 0.286. The number of rotatable bonds is 6. The van der Waals surface area contributed by atoms with Gasteiger partial charge in [0.1, 0.15) is 5.82 Å². The first-order valence-electron chi connectivity index (χ1n) is 9.47. The van der Waals surface area contributed by atoms with Crippen LogP contribution in [-0.4, -0.2) is 28.3 Å². The monoisotopic (exact) mass is 394 g/mol. The molecule has 150 valence electrons. The Labute approximate surface area is 168 Å². The Morgan fingerprint density at radius 1 is 1.24 bits per heavy atom. The van der Waals surface area contributed by atoms with Gasteiger partial charge in [-0.1, -0.05) is 24.3 Å². The predicted molar refractivity (Wildman–Crippen MR) is 110 cm³/mol. The van der Waals surface area contributed by atoms with Gasteiger partial charge in [-0.3, -0.25) is 0 Å². The molecular formula is C21H23FN6O. The summed E-state index contributed by atoms with van der Waals surface area (Å²) in [5, 5.41) is 11.6. The number of methoxy groups -OCH3 is 1. The Balaban J connectivity index is 1.65. The number of benzene rings is 2. The third-order valence-electron chi connectivity index (χ3n) is 5.07. The van der Waals surface area contributed by atoms with Crippen molar-refractivity contribution in [2.75, 3.05) is 17.3 Å². The molecule has 0 aliphatic carbocycles. The average Bonchev–Trinajstić information content (AvgIpc) is 3.08. The molecule has 0 saturated carbocycles. The van der Waals surface area contributed by atoms with Gasteiger partial charge in [-0.25, -0.2) is 4.39 Å². The maximum absolute atomic E-state index is 13.4. The fourth-order valence-corrected chi connectivity index (χ4v) is 3.70. The lowest BCUT2D eigenvalue weighted by molar-refractivity contribution is 0.391. The van der Waals surface area contributed by atoms with Gasteiger partial charge in [0.05, 0.1) is 7.11 Å². The van der Waals surface area contributed by atoms with Gasteiger partial charge in [-0.2, -0.15) is 4.98 Å². The first-order chi connectivity index (χ1) is 14.1. The number of ether oxygens (including phenoxy) is 1. The lowest BCUT2D eigenvalue weighted by atomic mass is 10.0. The van der Waals surface area contributed by atoms with Gasteiger partial charge < -0.3 is 20.7 Å². The molecule has 8 heteroatoms. The van der Waals surface area contributed by atoms with E-state index < -0.39 is 0 Å². The van der Waals surface area contributed by atoms with Gasteiger partial charge in [-0.05, 0) is 48.2 Å². The lowest BCUT2D eigenvalue weighted by Gasteiger charge is -2.23. The van der Waals surface area contributed by atoms with Crippen LogP contribution in [0.15, 0.2) is 42.5 Å². The molecule has 0 fully saturated rings. The maximum Gasteiger partial charge on any atom is 0.276 e. The van der Waals surface area contributed by atoms with E-state index in [0.29, 0.717) is 24.9 Å². The molecule has 1 aliphatic rings. The summed E-state index contributed by atoms with van der Waals surface area (Å²) in [6.07, 6.45) is 0.865. The van der Waals surface area contributed by atoms with Crippen molar-refractivity contribution < 1.29 is 9.13 Å². The standard InChI is InChI=1S/C21H23FN6O/c1-13-9-17-15(11-23)6-4-8-18(17)28(13)21-25-19(20(29-2)26-27-21)24-12-14-5-3-7-16(22)10-14/h3-8,10,13H,9,11-12,23H2,1-2H3,(H,24,25,27). The molecule has 0 amide bonds. The summed E-state index contributed by atoms with van der Waals surface area (Å²) in [4.78, 5) is 6.72. The number of aromatic nitrogens is 3. The van der Waals surface area contributed by atoms with Gasteiger partial charge in [0, 0.05) is 24.8 Å². The third-order valence-corrected chi connectivity index (χ3v) is 5.07. The Morgan fingerprint density at radius 2 is 2.07 bits per heavy atom. The molecule has 1 aliphatic heterocycles. The van der Waals surface area contributed by atoms with Crippen LogP contribution in [0.4, 0.5) is 21.8 Å². The van der Waals surface area contributed by atoms with Gasteiger partial charge in [0.25, 0.3) is 11.8 Å². The van der Waals surface area contributed by atoms with Crippen LogP contribution in [0.25, 0.3) is 0 Å². The molecule has 1 unspecified atom stereocenters. The van der Waals surface area contributed by atoms with Gasteiger partial charge in [0.2, 0.25) is 0 Å². The SMILES string of the molecule is COc1nnc(N2c3cccc(CN)c3CC2C)nc1NCc1cccc(F)c1. The highest BCUT2D eigenvalue weighted by Crippen LogP contribution is 2.39. The quantitative estimate of drug-likeness (QED) is 0.664. The van der Waals surface area contributed by atoms with Crippen molar-refractivity contribution in [2.45, 2.75) is 32.5 Å². The highest BCUT2D eigenvalue weighted by atomic mass is 19.1. The van der Waals surface area contributed by atoms with Crippen molar-refractivity contribution in [3.63, 3.8) is 0 Å². The second-order valence-corrected chi connectivity index (χ2v) is 7.00. The summed E-state index contributed by atoms with van der Waals surface area (Å²) >= 11 is 0. The van der Waals surface area contributed by atoms with Crippen LogP contribution in [0.2, 0.25) is 0 Å². The highest BCUT2D eigenvalue weighted by Gasteiger charge is 2.31. The average molecular weight is 394 g/mol. The number of anilines is 3. The van der Waals surface area contributed by atoms with E-state index in [1.54, 1.807) is 6.07 Å². The van der Waals surface area contributed by atoms with E-state index in [1.165, 1.54) is 24.8 Å². The molecule has 29 heavy (non-hydrogen) atoms. The molecule has 2 aromatic carbocycles. The third kappa shape index (κ3) is 3.71. The number of hydrogen-bond acceptors (Lipinski definition) is 7. The van der Waals surface area contributed by atoms with Gasteiger partial charge >= 0.3 is 0 Å². The number of nitrogens with two attached hydrogens (primary N) is 1. The van der Waals surface area contributed by atoms with Crippen molar-refractivity contribution >= 4 is 17.5 Å². The van der Waals surface area contributed by atoms with E-state index in [-0.39, 0.29) is 17.7 Å². The van der Waals surface area contributed by atoms with Crippen molar-refractivity contribution in [3.05, 3.63) is 65.0 Å². The van der Waals surface area contributed by atoms with Crippen molar-refractivity contribution in [3.8, 4) is 5.88 Å². The molecule has 1 atom stereocenters. The first-order valence-corrected chi connectivity index (χ1v) is 9.47. The van der Waals surface area contributed by atoms with Crippen molar-refractivity contribution in [1.82, 2.24) is 15.2 Å². The largest absolute Gasteiger partial charge is 0.477 e. The molecule has 2 heterocycles. The zero-order valence-corrected chi connectivity index (χ0v) is 16.4. The van der Waals surface area contributed by atoms with E-state index in [0.717, 1.165) is 23.2 Å². The van der Waals surface area contributed by atoms with Crippen LogP contribution >= 0.6 is 0 Å². The molecule has 0 spiro atoms. The summed E-state index contributed by atoms with van der Waals surface area (Å²) in [7, 11) is 1.51. The van der Waals surface area contributed by atoms with E-state index >= 15 is 0 Å². The van der Waals surface area contributed by atoms with Crippen LogP contribution in [0.5, 0.6) is 5.88 Å². The highest BCUT2D eigenvalue weighted by molar-refractivity contribution is 5.69. The molecular weight excluding hydrogens is 371 g/mol. The lowest BCUT2D eigenvalue weighted by Crippen LogP contribution is -2.26. The second kappa shape index (κ2) is 8.00. The zero-order chi connectivity index (χ0) is 20.4. The fourth-order valence-electron chi connectivity index (χ4n) is 3.70. The van der Waals surface area contributed by atoms with Crippen LogP contribution in [0, 0.1) is 5.82 Å². The number of fused-ring (bicyclic) bond motifs is 1. The Bertz CT molecular complexity index is 1030. The molecule has 1 aromatic heterocycles. The topological polar surface area (TPSA) is 89.2 Å². The number of halogens is 1. The molecule has 0 radical (unpaired) electrons. The number of hydrogen-bond donors (Lipinski definition) is 2. The van der Waals surface area contributed by atoms with Crippen LogP contribution in [-0.2, 0) is 19.5 Å². The molecule has 3 aromatic rings. The van der Waals surface area contributed by atoms with Crippen LogP contribution in [0.3, 0.4) is 0 Å².